The third-order valence-corrected chi connectivity index (χ3v) is 5.14. The molecule has 3 rings (SSSR count). The standard InChI is InChI=1S/C20H30N6O/c1-15-24-25-19(26(15)2)14-22-20(23-17-10-5-4-6-11-17)21-13-16-9-7-8-12-18(16)27-3/h7-9,12,17H,4-6,10-11,13-14H2,1-3H3,(H2,21,22,23). The molecule has 0 spiro atoms. The Morgan fingerprint density at radius 2 is 2.00 bits per heavy atom. The highest BCUT2D eigenvalue weighted by Gasteiger charge is 2.15. The zero-order valence-electron chi connectivity index (χ0n) is 16.5. The molecule has 1 aromatic carbocycles. The molecule has 1 saturated carbocycles. The number of methoxy groups -OCH3 is 1. The van der Waals surface area contributed by atoms with E-state index in [1.165, 1.54) is 32.1 Å². The van der Waals surface area contributed by atoms with Crippen LogP contribution in [-0.2, 0) is 20.1 Å². The molecule has 146 valence electrons. The number of nitrogens with one attached hydrogen (secondary N) is 2. The summed E-state index contributed by atoms with van der Waals surface area (Å²) in [5.74, 6) is 3.47. The first-order valence-corrected chi connectivity index (χ1v) is 9.69. The van der Waals surface area contributed by atoms with Gasteiger partial charge in [0, 0.05) is 18.7 Å². The highest BCUT2D eigenvalue weighted by atomic mass is 16.5. The molecule has 2 N–H and O–H groups in total. The van der Waals surface area contributed by atoms with Crippen molar-refractivity contribution < 1.29 is 4.74 Å². The van der Waals surface area contributed by atoms with Gasteiger partial charge in [-0.15, -0.1) is 10.2 Å². The molecule has 0 amide bonds. The molecule has 0 radical (unpaired) electrons. The molecule has 27 heavy (non-hydrogen) atoms. The first-order chi connectivity index (χ1) is 13.2. The van der Waals surface area contributed by atoms with Crippen LogP contribution in [0.25, 0.3) is 0 Å². The van der Waals surface area contributed by atoms with E-state index >= 15 is 0 Å². The lowest BCUT2D eigenvalue weighted by molar-refractivity contribution is 0.407. The van der Waals surface area contributed by atoms with Gasteiger partial charge in [-0.05, 0) is 25.8 Å². The number of para-hydroxylation sites is 1. The Morgan fingerprint density at radius 1 is 1.22 bits per heavy atom. The molecular weight excluding hydrogens is 340 g/mol. The third kappa shape index (κ3) is 5.21. The van der Waals surface area contributed by atoms with Crippen molar-refractivity contribution in [3.63, 3.8) is 0 Å². The summed E-state index contributed by atoms with van der Waals surface area (Å²) < 4.78 is 7.44. The van der Waals surface area contributed by atoms with Gasteiger partial charge in [0.25, 0.3) is 0 Å². The Balaban J connectivity index is 1.70. The predicted molar refractivity (Wildman–Crippen MR) is 107 cm³/mol. The van der Waals surface area contributed by atoms with Gasteiger partial charge in [0.05, 0.1) is 20.2 Å². The van der Waals surface area contributed by atoms with Crippen LogP contribution in [0, 0.1) is 6.92 Å². The number of aromatic nitrogens is 3. The van der Waals surface area contributed by atoms with Crippen LogP contribution in [0.5, 0.6) is 5.75 Å². The van der Waals surface area contributed by atoms with Crippen LogP contribution in [0.1, 0.15) is 49.3 Å². The van der Waals surface area contributed by atoms with Crippen LogP contribution in [-0.4, -0.2) is 33.9 Å². The summed E-state index contributed by atoms with van der Waals surface area (Å²) in [6.45, 7) is 3.10. The lowest BCUT2D eigenvalue weighted by Gasteiger charge is -2.25. The summed E-state index contributed by atoms with van der Waals surface area (Å²) >= 11 is 0. The number of aliphatic imine (C=N–C) groups is 1. The number of benzene rings is 1. The number of ether oxygens (including phenoxy) is 1. The predicted octanol–water partition coefficient (Wildman–Crippen LogP) is 2.70. The van der Waals surface area contributed by atoms with Crippen molar-refractivity contribution in [2.24, 2.45) is 12.0 Å². The van der Waals surface area contributed by atoms with Gasteiger partial charge in [0.2, 0.25) is 0 Å². The molecule has 0 aliphatic heterocycles. The van der Waals surface area contributed by atoms with Gasteiger partial charge in [-0.1, -0.05) is 37.5 Å². The van der Waals surface area contributed by atoms with Gasteiger partial charge in [0.1, 0.15) is 11.6 Å². The van der Waals surface area contributed by atoms with Crippen molar-refractivity contribution in [1.82, 2.24) is 25.4 Å². The van der Waals surface area contributed by atoms with Crippen LogP contribution in [0.3, 0.4) is 0 Å². The molecule has 0 saturated heterocycles. The van der Waals surface area contributed by atoms with Crippen molar-refractivity contribution in [3.05, 3.63) is 41.5 Å². The maximum absolute atomic E-state index is 5.44. The Labute approximate surface area is 161 Å². The summed E-state index contributed by atoms with van der Waals surface area (Å²) in [4.78, 5) is 4.81. The first-order valence-electron chi connectivity index (χ1n) is 9.69. The summed E-state index contributed by atoms with van der Waals surface area (Å²) in [5, 5.41) is 15.4. The number of nitrogens with zero attached hydrogens (tertiary/aromatic N) is 4. The number of guanidine groups is 1. The molecule has 1 heterocycles. The highest BCUT2D eigenvalue weighted by Crippen LogP contribution is 2.19. The average Bonchev–Trinajstić information content (AvgIpc) is 3.03. The van der Waals surface area contributed by atoms with E-state index in [1.54, 1.807) is 7.11 Å². The zero-order chi connectivity index (χ0) is 19.1. The van der Waals surface area contributed by atoms with E-state index in [2.05, 4.69) is 20.8 Å². The number of rotatable bonds is 6. The third-order valence-electron chi connectivity index (χ3n) is 5.14. The van der Waals surface area contributed by atoms with Crippen molar-refractivity contribution in [1.29, 1.82) is 0 Å². The second kappa shape index (κ2) is 9.39. The second-order valence-corrected chi connectivity index (χ2v) is 7.03. The summed E-state index contributed by atoms with van der Waals surface area (Å²) in [7, 11) is 3.67. The molecule has 1 aromatic heterocycles. The number of hydrogen-bond donors (Lipinski definition) is 2. The van der Waals surface area contributed by atoms with E-state index < -0.39 is 0 Å². The molecule has 7 nitrogen and oxygen atoms in total. The second-order valence-electron chi connectivity index (χ2n) is 7.03. The van der Waals surface area contributed by atoms with E-state index in [1.807, 2.05) is 42.8 Å². The lowest BCUT2D eigenvalue weighted by Crippen LogP contribution is -2.44. The normalized spacial score (nSPS) is 15.6. The van der Waals surface area contributed by atoms with Crippen LogP contribution in [0.4, 0.5) is 0 Å². The topological polar surface area (TPSA) is 76.4 Å². The van der Waals surface area contributed by atoms with Gasteiger partial charge in [-0.25, -0.2) is 4.99 Å². The molecule has 0 unspecified atom stereocenters. The van der Waals surface area contributed by atoms with Gasteiger partial charge < -0.3 is 19.9 Å². The Hall–Kier alpha value is -2.57. The van der Waals surface area contributed by atoms with E-state index in [9.17, 15) is 0 Å². The van der Waals surface area contributed by atoms with Gasteiger partial charge in [0.15, 0.2) is 11.8 Å². The minimum Gasteiger partial charge on any atom is -0.496 e. The number of hydrogen-bond acceptors (Lipinski definition) is 4. The SMILES string of the molecule is COc1ccccc1CN=C(NCc1nnc(C)n1C)NC1CCCCC1. The fourth-order valence-corrected chi connectivity index (χ4v) is 3.36. The van der Waals surface area contributed by atoms with Crippen LogP contribution in [0.15, 0.2) is 29.3 Å². The minimum atomic E-state index is 0.476. The molecule has 1 aliphatic carbocycles. The Bertz CT molecular complexity index is 764. The Kier molecular flexibility index (Phi) is 6.68. The molecule has 0 bridgehead atoms. The van der Waals surface area contributed by atoms with E-state index in [0.717, 1.165) is 28.9 Å². The average molecular weight is 371 g/mol. The monoisotopic (exact) mass is 370 g/mol. The molecule has 1 fully saturated rings. The Morgan fingerprint density at radius 3 is 2.70 bits per heavy atom. The number of aryl methyl sites for hydroxylation is 1. The summed E-state index contributed by atoms with van der Waals surface area (Å²) in [6.07, 6.45) is 6.27. The van der Waals surface area contributed by atoms with E-state index in [-0.39, 0.29) is 0 Å². The maximum Gasteiger partial charge on any atom is 0.192 e. The van der Waals surface area contributed by atoms with Gasteiger partial charge in [-0.2, -0.15) is 0 Å². The largest absolute Gasteiger partial charge is 0.496 e. The fraction of sp³-hybridized carbons (Fsp3) is 0.550. The van der Waals surface area contributed by atoms with Crippen LogP contribution >= 0.6 is 0 Å². The van der Waals surface area contributed by atoms with Gasteiger partial charge >= 0.3 is 0 Å². The van der Waals surface area contributed by atoms with Crippen molar-refractivity contribution >= 4 is 5.96 Å². The molecule has 2 aromatic rings. The smallest absolute Gasteiger partial charge is 0.192 e. The molecular formula is C20H30N6O. The zero-order valence-corrected chi connectivity index (χ0v) is 16.5. The van der Waals surface area contributed by atoms with Crippen LogP contribution in [0.2, 0.25) is 0 Å². The van der Waals surface area contributed by atoms with Crippen LogP contribution < -0.4 is 15.4 Å². The first kappa shape index (κ1) is 19.2. The lowest BCUT2D eigenvalue weighted by atomic mass is 9.96. The summed E-state index contributed by atoms with van der Waals surface area (Å²) in [6, 6.07) is 8.48. The van der Waals surface area contributed by atoms with Crippen molar-refractivity contribution in [3.8, 4) is 5.75 Å². The quantitative estimate of drug-likeness (QED) is 0.604. The molecule has 1 aliphatic rings. The summed E-state index contributed by atoms with van der Waals surface area (Å²) in [5.41, 5.74) is 1.07. The van der Waals surface area contributed by atoms with E-state index in [0.29, 0.717) is 19.1 Å². The highest BCUT2D eigenvalue weighted by molar-refractivity contribution is 5.80. The van der Waals surface area contributed by atoms with Gasteiger partial charge in [-0.3, -0.25) is 0 Å². The molecule has 7 heteroatoms. The van der Waals surface area contributed by atoms with Crippen molar-refractivity contribution in [2.75, 3.05) is 7.11 Å². The maximum atomic E-state index is 5.44. The molecule has 0 atom stereocenters. The fourth-order valence-electron chi connectivity index (χ4n) is 3.36. The van der Waals surface area contributed by atoms with E-state index in [4.69, 9.17) is 9.73 Å². The van der Waals surface area contributed by atoms with Crippen molar-refractivity contribution in [2.45, 2.75) is 58.2 Å². The minimum absolute atomic E-state index is 0.476.